The van der Waals surface area contributed by atoms with E-state index in [4.69, 9.17) is 9.56 Å². The monoisotopic (exact) mass is 380 g/mol. The molecule has 0 atom stereocenters. The van der Waals surface area contributed by atoms with Gasteiger partial charge in [-0.1, -0.05) is 30.3 Å². The summed E-state index contributed by atoms with van der Waals surface area (Å²) in [5.74, 6) is -0.904. The van der Waals surface area contributed by atoms with Crippen molar-refractivity contribution in [1.29, 1.82) is 0 Å². The molecular weight excluding hydrogens is 366 g/mol. The Morgan fingerprint density at radius 3 is 2.50 bits per heavy atom. The average Bonchev–Trinajstić information content (AvgIpc) is 2.57. The summed E-state index contributed by atoms with van der Waals surface area (Å²) in [6, 6.07) is 10.4. The Bertz CT molecular complexity index is 1140. The number of benzene rings is 2. The Morgan fingerprint density at radius 1 is 1.08 bits per heavy atom. The number of para-hydroxylation sites is 1. The Balaban J connectivity index is 2.11. The van der Waals surface area contributed by atoms with E-state index in [1.807, 2.05) is 4.72 Å². The van der Waals surface area contributed by atoms with Crippen LogP contribution in [0.4, 0.5) is 14.5 Å². The molecule has 0 aliphatic rings. The molecule has 6 nitrogen and oxygen atoms in total. The number of nitrogens with one attached hydrogen (secondary N) is 1. The van der Waals surface area contributed by atoms with Gasteiger partial charge in [0.25, 0.3) is 10.2 Å². The molecule has 0 bridgehead atoms. The number of hydrogen-bond acceptors (Lipinski definition) is 4. The first-order chi connectivity index (χ1) is 12.3. The molecule has 26 heavy (non-hydrogen) atoms. The molecule has 0 unspecified atom stereocenters. The minimum absolute atomic E-state index is 0.00377. The molecule has 3 N–H and O–H groups in total. The number of rotatable bonds is 5. The third-order valence-electron chi connectivity index (χ3n) is 3.86. The smallest absolute Gasteiger partial charge is 0.340 e. The maximum Gasteiger partial charge on any atom is 0.340 e. The normalized spacial score (nSPS) is 11.7. The number of fused-ring (bicyclic) bond motifs is 1. The number of hydrogen-bond donors (Lipinski definition) is 2. The first kappa shape index (κ1) is 18.0. The van der Waals surface area contributed by atoms with Crippen LogP contribution >= 0.6 is 0 Å². The maximum absolute atomic E-state index is 14.6. The van der Waals surface area contributed by atoms with Gasteiger partial charge in [-0.05, 0) is 17.7 Å². The van der Waals surface area contributed by atoms with Crippen LogP contribution in [0, 0.1) is 5.82 Å². The highest BCUT2D eigenvalue weighted by molar-refractivity contribution is 7.90. The molecule has 0 radical (unpaired) electrons. The lowest BCUT2D eigenvalue weighted by Gasteiger charge is -2.11. The minimum Gasteiger partial charge on any atom is -0.422 e. The van der Waals surface area contributed by atoms with Gasteiger partial charge < -0.3 is 4.42 Å². The van der Waals surface area contributed by atoms with Crippen LogP contribution in [0.3, 0.4) is 0 Å². The van der Waals surface area contributed by atoms with Crippen LogP contribution < -0.4 is 15.5 Å². The second-order valence-corrected chi connectivity index (χ2v) is 6.87. The van der Waals surface area contributed by atoms with Gasteiger partial charge in [0.2, 0.25) is 0 Å². The van der Waals surface area contributed by atoms with Crippen LogP contribution in [0.5, 0.6) is 0 Å². The fourth-order valence-corrected chi connectivity index (χ4v) is 3.19. The molecule has 0 spiro atoms. The van der Waals surface area contributed by atoms with Crippen molar-refractivity contribution < 1.29 is 21.6 Å². The van der Waals surface area contributed by atoms with Crippen LogP contribution in [-0.4, -0.2) is 8.42 Å². The summed E-state index contributed by atoms with van der Waals surface area (Å²) in [5.41, 5.74) is -0.827. The van der Waals surface area contributed by atoms with Crippen molar-refractivity contribution in [3.8, 4) is 0 Å². The third kappa shape index (κ3) is 3.58. The molecule has 0 amide bonds. The van der Waals surface area contributed by atoms with Crippen molar-refractivity contribution in [2.24, 2.45) is 5.14 Å². The maximum atomic E-state index is 14.6. The highest BCUT2D eigenvalue weighted by atomic mass is 32.2. The molecular formula is C17H14F2N2O4S. The number of nitrogens with two attached hydrogens (primary N) is 1. The zero-order valence-corrected chi connectivity index (χ0v) is 14.1. The molecule has 1 heterocycles. The van der Waals surface area contributed by atoms with Crippen molar-refractivity contribution in [2.45, 2.75) is 13.1 Å². The second kappa shape index (κ2) is 6.85. The van der Waals surface area contributed by atoms with Gasteiger partial charge in [-0.25, -0.2) is 18.7 Å². The summed E-state index contributed by atoms with van der Waals surface area (Å²) < 4.78 is 57.4. The SMILES string of the molecule is NS(=O)(=O)Nc1cccc(Cc2c(CF)c3ccccc3oc2=O)c1F. The molecule has 0 aliphatic carbocycles. The van der Waals surface area contributed by atoms with Crippen LogP contribution in [-0.2, 0) is 23.3 Å². The highest BCUT2D eigenvalue weighted by Gasteiger charge is 2.18. The summed E-state index contributed by atoms with van der Waals surface area (Å²) in [5, 5.41) is 5.27. The molecule has 9 heteroatoms. The Hall–Kier alpha value is -2.78. The van der Waals surface area contributed by atoms with Gasteiger partial charge in [-0.15, -0.1) is 0 Å². The van der Waals surface area contributed by atoms with E-state index in [-0.39, 0.29) is 34.4 Å². The topological polar surface area (TPSA) is 102 Å². The Morgan fingerprint density at radius 2 is 1.81 bits per heavy atom. The van der Waals surface area contributed by atoms with E-state index in [2.05, 4.69) is 0 Å². The summed E-state index contributed by atoms with van der Waals surface area (Å²) >= 11 is 0. The lowest BCUT2D eigenvalue weighted by molar-refractivity contribution is 0.476. The molecule has 0 fully saturated rings. The molecule has 3 rings (SSSR count). The molecule has 136 valence electrons. The third-order valence-corrected chi connectivity index (χ3v) is 4.36. The average molecular weight is 380 g/mol. The molecule has 0 saturated carbocycles. The summed E-state index contributed by atoms with van der Waals surface area (Å²) in [6.45, 7) is -0.932. The van der Waals surface area contributed by atoms with Gasteiger partial charge in [0, 0.05) is 22.9 Å². The predicted octanol–water partition coefficient (Wildman–Crippen LogP) is 2.61. The van der Waals surface area contributed by atoms with E-state index >= 15 is 0 Å². The van der Waals surface area contributed by atoms with Gasteiger partial charge >= 0.3 is 5.63 Å². The summed E-state index contributed by atoms with van der Waals surface area (Å²) in [6.07, 6.45) is -0.265. The zero-order valence-electron chi connectivity index (χ0n) is 13.3. The molecule has 3 aromatic rings. The summed E-state index contributed by atoms with van der Waals surface area (Å²) in [4.78, 5) is 12.3. The van der Waals surface area contributed by atoms with Gasteiger partial charge in [-0.3, -0.25) is 4.72 Å². The van der Waals surface area contributed by atoms with Crippen LogP contribution in [0.25, 0.3) is 11.0 Å². The first-order valence-electron chi connectivity index (χ1n) is 7.47. The molecule has 1 aromatic heterocycles. The quantitative estimate of drug-likeness (QED) is 0.664. The lowest BCUT2D eigenvalue weighted by Crippen LogP contribution is -2.22. The number of anilines is 1. The van der Waals surface area contributed by atoms with E-state index in [0.29, 0.717) is 5.39 Å². The summed E-state index contributed by atoms with van der Waals surface area (Å²) in [7, 11) is -4.17. The van der Waals surface area contributed by atoms with E-state index < -0.39 is 28.3 Å². The highest BCUT2D eigenvalue weighted by Crippen LogP contribution is 2.25. The van der Waals surface area contributed by atoms with E-state index in [1.165, 1.54) is 24.3 Å². The van der Waals surface area contributed by atoms with E-state index in [1.54, 1.807) is 18.2 Å². The van der Waals surface area contributed by atoms with Crippen LogP contribution in [0.2, 0.25) is 0 Å². The van der Waals surface area contributed by atoms with Gasteiger partial charge in [0.1, 0.15) is 12.3 Å². The van der Waals surface area contributed by atoms with Crippen molar-refractivity contribution in [3.63, 3.8) is 0 Å². The lowest BCUT2D eigenvalue weighted by atomic mass is 9.98. The number of alkyl halides is 1. The first-order valence-corrected chi connectivity index (χ1v) is 9.02. The Kier molecular flexibility index (Phi) is 4.75. The van der Waals surface area contributed by atoms with Gasteiger partial charge in [0.05, 0.1) is 5.69 Å². The fourth-order valence-electron chi connectivity index (χ4n) is 2.72. The van der Waals surface area contributed by atoms with Crippen molar-refractivity contribution in [2.75, 3.05) is 4.72 Å². The number of halogens is 2. The molecule has 2 aromatic carbocycles. The largest absolute Gasteiger partial charge is 0.422 e. The molecule has 0 saturated heterocycles. The van der Waals surface area contributed by atoms with Crippen LogP contribution in [0.15, 0.2) is 51.7 Å². The standard InChI is InChI=1S/C17H14F2N2O4S/c18-9-13-11-5-1-2-7-15(11)25-17(22)12(13)8-10-4-3-6-14(16(10)19)21-26(20,23)24/h1-7,21H,8-9H2,(H2,20,23,24). The zero-order chi connectivity index (χ0) is 18.9. The van der Waals surface area contributed by atoms with Crippen molar-refractivity contribution >= 4 is 26.9 Å². The fraction of sp³-hybridized carbons (Fsp3) is 0.118. The Labute approximate surface area is 147 Å². The predicted molar refractivity (Wildman–Crippen MR) is 93.2 cm³/mol. The molecule has 0 aliphatic heterocycles. The van der Waals surface area contributed by atoms with Crippen LogP contribution in [0.1, 0.15) is 16.7 Å². The van der Waals surface area contributed by atoms with Crippen molar-refractivity contribution in [1.82, 2.24) is 0 Å². The van der Waals surface area contributed by atoms with E-state index in [9.17, 15) is 22.0 Å². The van der Waals surface area contributed by atoms with Gasteiger partial charge in [0.15, 0.2) is 5.82 Å². The van der Waals surface area contributed by atoms with E-state index in [0.717, 1.165) is 0 Å². The second-order valence-electron chi connectivity index (χ2n) is 5.58. The minimum atomic E-state index is -4.17. The van der Waals surface area contributed by atoms with Gasteiger partial charge in [-0.2, -0.15) is 8.42 Å². The van der Waals surface area contributed by atoms with Crippen molar-refractivity contribution in [3.05, 3.63) is 75.4 Å².